The van der Waals surface area contributed by atoms with Gasteiger partial charge >= 0.3 is 5.97 Å². The maximum atomic E-state index is 10.7. The largest absolute Gasteiger partial charge is 0.481 e. The van der Waals surface area contributed by atoms with Gasteiger partial charge in [0.15, 0.2) is 0 Å². The van der Waals surface area contributed by atoms with Crippen molar-refractivity contribution in [1.29, 1.82) is 0 Å². The lowest BCUT2D eigenvalue weighted by molar-refractivity contribution is -0.138. The molecule has 0 spiro atoms. The Bertz CT molecular complexity index is 414. The second-order valence-electron chi connectivity index (χ2n) is 4.60. The predicted octanol–water partition coefficient (Wildman–Crippen LogP) is 2.61. The fourth-order valence-corrected chi connectivity index (χ4v) is 2.49. The van der Waals surface area contributed by atoms with Crippen LogP contribution in [-0.2, 0) is 4.79 Å². The normalized spacial score (nSPS) is 20.0. The first-order valence-electron chi connectivity index (χ1n) is 5.64. The molecule has 0 fully saturated rings. The van der Waals surface area contributed by atoms with E-state index >= 15 is 0 Å². The van der Waals surface area contributed by atoms with Crippen LogP contribution in [0.1, 0.15) is 30.4 Å². The molecule has 2 N–H and O–H groups in total. The van der Waals surface area contributed by atoms with Gasteiger partial charge in [-0.05, 0) is 24.0 Å². The summed E-state index contributed by atoms with van der Waals surface area (Å²) in [6, 6.07) is 6.23. The molecule has 16 heavy (non-hydrogen) atoms. The Morgan fingerprint density at radius 1 is 1.62 bits per heavy atom. The molecule has 0 saturated carbocycles. The van der Waals surface area contributed by atoms with Gasteiger partial charge in [0.2, 0.25) is 0 Å². The van der Waals surface area contributed by atoms with Gasteiger partial charge in [0.1, 0.15) is 0 Å². The molecule has 0 bridgehead atoms. The minimum Gasteiger partial charge on any atom is -0.481 e. The van der Waals surface area contributed by atoms with Crippen LogP contribution >= 0.6 is 0 Å². The van der Waals surface area contributed by atoms with Gasteiger partial charge in [-0.1, -0.05) is 25.1 Å². The molecule has 2 rings (SSSR count). The number of hydrogen-bond donors (Lipinski definition) is 2. The molecule has 1 aliphatic rings. The van der Waals surface area contributed by atoms with Gasteiger partial charge in [0.05, 0.1) is 0 Å². The molecule has 0 aliphatic carbocycles. The van der Waals surface area contributed by atoms with Crippen molar-refractivity contribution >= 4 is 11.7 Å². The zero-order valence-corrected chi connectivity index (χ0v) is 9.66. The number of para-hydroxylation sites is 1. The van der Waals surface area contributed by atoms with Crippen molar-refractivity contribution in [3.05, 3.63) is 29.3 Å². The second kappa shape index (κ2) is 4.16. The van der Waals surface area contributed by atoms with E-state index in [1.54, 1.807) is 0 Å². The monoisotopic (exact) mass is 219 g/mol. The third-order valence-electron chi connectivity index (χ3n) is 3.39. The van der Waals surface area contributed by atoms with E-state index in [0.717, 1.165) is 6.54 Å². The minimum absolute atomic E-state index is 0.174. The van der Waals surface area contributed by atoms with Crippen molar-refractivity contribution in [3.8, 4) is 0 Å². The molecular weight excluding hydrogens is 202 g/mol. The van der Waals surface area contributed by atoms with Crippen LogP contribution < -0.4 is 5.32 Å². The zero-order valence-electron chi connectivity index (χ0n) is 9.66. The van der Waals surface area contributed by atoms with E-state index in [-0.39, 0.29) is 12.3 Å². The number of rotatable bonds is 3. The van der Waals surface area contributed by atoms with Gasteiger partial charge in [-0.15, -0.1) is 0 Å². The van der Waals surface area contributed by atoms with Crippen molar-refractivity contribution in [3.63, 3.8) is 0 Å². The molecule has 2 atom stereocenters. The van der Waals surface area contributed by atoms with Crippen LogP contribution in [0.3, 0.4) is 0 Å². The Morgan fingerprint density at radius 2 is 2.38 bits per heavy atom. The number of carboxylic acid groups (broad SMARTS) is 1. The summed E-state index contributed by atoms with van der Waals surface area (Å²) in [5.74, 6) is -0.215. The Labute approximate surface area is 95.5 Å². The fourth-order valence-electron chi connectivity index (χ4n) is 2.49. The molecule has 0 radical (unpaired) electrons. The number of aliphatic carboxylic acids is 1. The van der Waals surface area contributed by atoms with Crippen LogP contribution in [0.5, 0.6) is 0 Å². The van der Waals surface area contributed by atoms with Crippen molar-refractivity contribution in [2.75, 3.05) is 11.9 Å². The van der Waals surface area contributed by atoms with E-state index in [1.165, 1.54) is 16.8 Å². The maximum absolute atomic E-state index is 10.7. The number of anilines is 1. The number of carbonyl (C=O) groups is 1. The van der Waals surface area contributed by atoms with Crippen LogP contribution in [0, 0.1) is 12.8 Å². The fraction of sp³-hybridized carbons (Fsp3) is 0.462. The number of fused-ring (bicyclic) bond motifs is 1. The Kier molecular flexibility index (Phi) is 2.86. The molecule has 0 amide bonds. The molecular formula is C13H17NO2. The summed E-state index contributed by atoms with van der Waals surface area (Å²) < 4.78 is 0. The number of nitrogens with one attached hydrogen (secondary N) is 1. The molecule has 1 heterocycles. The highest BCUT2D eigenvalue weighted by molar-refractivity contribution is 5.68. The highest BCUT2D eigenvalue weighted by Crippen LogP contribution is 2.39. The van der Waals surface area contributed by atoms with E-state index in [4.69, 9.17) is 5.11 Å². The Morgan fingerprint density at radius 3 is 3.06 bits per heavy atom. The highest BCUT2D eigenvalue weighted by Gasteiger charge is 2.28. The zero-order chi connectivity index (χ0) is 11.7. The third-order valence-corrected chi connectivity index (χ3v) is 3.39. The molecule has 1 aromatic rings. The van der Waals surface area contributed by atoms with E-state index < -0.39 is 5.97 Å². The summed E-state index contributed by atoms with van der Waals surface area (Å²) in [5.41, 5.74) is 3.71. The molecule has 1 aliphatic heterocycles. The summed E-state index contributed by atoms with van der Waals surface area (Å²) in [4.78, 5) is 10.7. The van der Waals surface area contributed by atoms with Crippen LogP contribution in [-0.4, -0.2) is 17.6 Å². The van der Waals surface area contributed by atoms with Gasteiger partial charge in [-0.2, -0.15) is 0 Å². The molecule has 0 aromatic heterocycles. The van der Waals surface area contributed by atoms with Gasteiger partial charge in [-0.3, -0.25) is 4.79 Å². The first-order chi connectivity index (χ1) is 7.59. The smallest absolute Gasteiger partial charge is 0.303 e. The maximum Gasteiger partial charge on any atom is 0.303 e. The summed E-state index contributed by atoms with van der Waals surface area (Å²) in [7, 11) is 0. The summed E-state index contributed by atoms with van der Waals surface area (Å²) in [6.45, 7) is 4.95. The van der Waals surface area contributed by atoms with Crippen LogP contribution in [0.25, 0.3) is 0 Å². The lowest BCUT2D eigenvalue weighted by atomic mass is 9.86. The van der Waals surface area contributed by atoms with E-state index in [9.17, 15) is 4.79 Å². The van der Waals surface area contributed by atoms with Crippen LogP contribution in [0.15, 0.2) is 18.2 Å². The second-order valence-corrected chi connectivity index (χ2v) is 4.60. The van der Waals surface area contributed by atoms with Gasteiger partial charge in [-0.25, -0.2) is 0 Å². The lowest BCUT2D eigenvalue weighted by Crippen LogP contribution is -2.15. The summed E-state index contributed by atoms with van der Waals surface area (Å²) >= 11 is 0. The van der Waals surface area contributed by atoms with Crippen molar-refractivity contribution in [2.45, 2.75) is 26.2 Å². The minimum atomic E-state index is -0.714. The topological polar surface area (TPSA) is 49.3 Å². The number of hydrogen-bond acceptors (Lipinski definition) is 2. The molecule has 1 aromatic carbocycles. The van der Waals surface area contributed by atoms with Gasteiger partial charge < -0.3 is 10.4 Å². The van der Waals surface area contributed by atoms with Gasteiger partial charge in [0, 0.05) is 24.6 Å². The van der Waals surface area contributed by atoms with Gasteiger partial charge in [0.25, 0.3) is 0 Å². The number of carboxylic acids is 1. The van der Waals surface area contributed by atoms with E-state index in [2.05, 4.69) is 24.4 Å². The van der Waals surface area contributed by atoms with E-state index in [0.29, 0.717) is 5.92 Å². The van der Waals surface area contributed by atoms with Crippen molar-refractivity contribution in [2.24, 2.45) is 5.92 Å². The number of benzene rings is 1. The van der Waals surface area contributed by atoms with E-state index in [1.807, 2.05) is 13.0 Å². The molecule has 2 unspecified atom stereocenters. The van der Waals surface area contributed by atoms with Crippen molar-refractivity contribution < 1.29 is 9.90 Å². The molecule has 86 valence electrons. The lowest BCUT2D eigenvalue weighted by Gasteiger charge is -2.17. The van der Waals surface area contributed by atoms with Crippen LogP contribution in [0.4, 0.5) is 5.69 Å². The SMILES string of the molecule is Cc1cccc2c1NCC2C(C)CC(=O)O. The average molecular weight is 219 g/mol. The first kappa shape index (κ1) is 11.0. The predicted molar refractivity (Wildman–Crippen MR) is 63.8 cm³/mol. The molecule has 3 nitrogen and oxygen atoms in total. The first-order valence-corrected chi connectivity index (χ1v) is 5.64. The summed E-state index contributed by atoms with van der Waals surface area (Å²) in [5, 5.41) is 12.2. The van der Waals surface area contributed by atoms with Crippen LogP contribution in [0.2, 0.25) is 0 Å². The average Bonchev–Trinajstić information content (AvgIpc) is 2.61. The third kappa shape index (κ3) is 1.90. The Balaban J connectivity index is 2.23. The quantitative estimate of drug-likeness (QED) is 0.821. The standard InChI is InChI=1S/C13H17NO2/c1-8-4-3-5-10-11(7-14-13(8)10)9(2)6-12(15)16/h3-5,9,11,14H,6-7H2,1-2H3,(H,15,16). The Hall–Kier alpha value is -1.51. The molecule has 3 heteroatoms. The van der Waals surface area contributed by atoms with Crippen molar-refractivity contribution in [1.82, 2.24) is 0 Å². The highest BCUT2D eigenvalue weighted by atomic mass is 16.4. The molecule has 0 saturated heterocycles. The summed E-state index contributed by atoms with van der Waals surface area (Å²) in [6.07, 6.45) is 0.236. The number of aryl methyl sites for hydroxylation is 1.